The smallest absolute Gasteiger partial charge is 0.0577 e. The van der Waals surface area contributed by atoms with E-state index in [-0.39, 0.29) is 6.10 Å². The van der Waals surface area contributed by atoms with Crippen molar-refractivity contribution in [3.8, 4) is 0 Å². The molecule has 0 amide bonds. The van der Waals surface area contributed by atoms with Crippen LogP contribution in [0, 0.1) is 57.7 Å². The average molecular weight is 427 g/mol. The van der Waals surface area contributed by atoms with Crippen LogP contribution in [0.2, 0.25) is 0 Å². The van der Waals surface area contributed by atoms with Crippen molar-refractivity contribution in [1.82, 2.24) is 0 Å². The molecule has 11 unspecified atom stereocenters. The van der Waals surface area contributed by atoms with E-state index >= 15 is 0 Å². The van der Waals surface area contributed by atoms with Gasteiger partial charge >= 0.3 is 0 Å². The van der Waals surface area contributed by atoms with Crippen LogP contribution in [0.4, 0.5) is 0 Å². The van der Waals surface area contributed by atoms with E-state index in [1.165, 1.54) is 57.8 Å². The Kier molecular flexibility index (Phi) is 5.52. The van der Waals surface area contributed by atoms with Gasteiger partial charge in [0.2, 0.25) is 0 Å². The maximum atomic E-state index is 10.3. The Balaban J connectivity index is 1.28. The summed E-state index contributed by atoms with van der Waals surface area (Å²) in [6.45, 7) is 15.4. The van der Waals surface area contributed by atoms with Gasteiger partial charge in [0.1, 0.15) is 0 Å². The second-order valence-electron chi connectivity index (χ2n) is 14.0. The first-order valence-corrected chi connectivity index (χ1v) is 14.0. The predicted octanol–water partition coefficient (Wildman–Crippen LogP) is 8.02. The highest BCUT2D eigenvalue weighted by molar-refractivity contribution is 5.25. The van der Waals surface area contributed by atoms with Crippen LogP contribution < -0.4 is 0 Å². The van der Waals surface area contributed by atoms with E-state index in [1.54, 1.807) is 5.57 Å². The van der Waals surface area contributed by atoms with Crippen LogP contribution in [-0.2, 0) is 0 Å². The summed E-state index contributed by atoms with van der Waals surface area (Å²) in [6.07, 6.45) is 17.2. The third-order valence-electron chi connectivity index (χ3n) is 12.7. The van der Waals surface area contributed by atoms with Gasteiger partial charge < -0.3 is 5.11 Å². The normalized spacial score (nSPS) is 53.1. The van der Waals surface area contributed by atoms with Gasteiger partial charge in [-0.2, -0.15) is 0 Å². The zero-order valence-electron chi connectivity index (χ0n) is 21.4. The van der Waals surface area contributed by atoms with Crippen LogP contribution in [0.15, 0.2) is 11.6 Å². The van der Waals surface area contributed by atoms with Gasteiger partial charge in [0.15, 0.2) is 0 Å². The molecule has 0 aliphatic heterocycles. The summed E-state index contributed by atoms with van der Waals surface area (Å²) >= 11 is 0. The number of allylic oxidation sites excluding steroid dienone is 1. The fourth-order valence-electron chi connectivity index (χ4n) is 9.95. The summed E-state index contributed by atoms with van der Waals surface area (Å²) < 4.78 is 0. The minimum absolute atomic E-state index is 0.0790. The fraction of sp³-hybridized carbons (Fsp3) is 0.933. The molecular formula is C30H50O. The standard InChI is InChI=1S/C30H50O/c1-19(7-8-20(2)30(6)18-21(30)3)25-11-12-26-24-10-9-22-17-23(31)13-15-28(22,4)27(24)14-16-29(25,26)5/h9,19-21,23-27,31H,7-8,10-18H2,1-6H3. The third kappa shape index (κ3) is 3.41. The maximum Gasteiger partial charge on any atom is 0.0577 e. The molecule has 1 N–H and O–H groups in total. The molecule has 4 fully saturated rings. The second kappa shape index (κ2) is 7.61. The van der Waals surface area contributed by atoms with Gasteiger partial charge in [0.25, 0.3) is 0 Å². The van der Waals surface area contributed by atoms with E-state index in [0.29, 0.717) is 16.2 Å². The highest BCUT2D eigenvalue weighted by atomic mass is 16.3. The molecule has 4 saturated carbocycles. The zero-order valence-corrected chi connectivity index (χ0v) is 21.4. The topological polar surface area (TPSA) is 20.2 Å². The molecule has 1 heteroatoms. The molecule has 0 bridgehead atoms. The lowest BCUT2D eigenvalue weighted by Crippen LogP contribution is -2.50. The minimum Gasteiger partial charge on any atom is -0.393 e. The summed E-state index contributed by atoms with van der Waals surface area (Å²) in [4.78, 5) is 0. The van der Waals surface area contributed by atoms with Gasteiger partial charge in [-0.15, -0.1) is 0 Å². The van der Waals surface area contributed by atoms with E-state index in [9.17, 15) is 5.11 Å². The summed E-state index contributed by atoms with van der Waals surface area (Å²) in [5, 5.41) is 10.3. The molecule has 0 radical (unpaired) electrons. The molecule has 5 aliphatic carbocycles. The zero-order chi connectivity index (χ0) is 22.2. The van der Waals surface area contributed by atoms with Crippen molar-refractivity contribution in [3.05, 3.63) is 11.6 Å². The van der Waals surface area contributed by atoms with Crippen molar-refractivity contribution in [2.45, 2.75) is 118 Å². The molecule has 176 valence electrons. The van der Waals surface area contributed by atoms with Crippen LogP contribution in [-0.4, -0.2) is 11.2 Å². The van der Waals surface area contributed by atoms with Crippen molar-refractivity contribution in [2.75, 3.05) is 0 Å². The first kappa shape index (κ1) is 22.5. The molecule has 5 aliphatic rings. The highest BCUT2D eigenvalue weighted by Gasteiger charge is 2.59. The minimum atomic E-state index is -0.0790. The van der Waals surface area contributed by atoms with Crippen molar-refractivity contribution >= 4 is 0 Å². The Morgan fingerprint density at radius 3 is 2.45 bits per heavy atom. The van der Waals surface area contributed by atoms with Gasteiger partial charge in [-0.1, -0.05) is 59.6 Å². The van der Waals surface area contributed by atoms with Crippen LogP contribution in [0.25, 0.3) is 0 Å². The van der Waals surface area contributed by atoms with Crippen molar-refractivity contribution in [1.29, 1.82) is 0 Å². The molecule has 0 spiro atoms. The first-order chi connectivity index (χ1) is 14.6. The van der Waals surface area contributed by atoms with Crippen LogP contribution in [0.1, 0.15) is 112 Å². The van der Waals surface area contributed by atoms with Crippen molar-refractivity contribution < 1.29 is 5.11 Å². The Morgan fingerprint density at radius 2 is 1.74 bits per heavy atom. The summed E-state index contributed by atoms with van der Waals surface area (Å²) in [5.41, 5.74) is 3.24. The van der Waals surface area contributed by atoms with Gasteiger partial charge in [-0.3, -0.25) is 0 Å². The van der Waals surface area contributed by atoms with E-state index in [0.717, 1.165) is 54.3 Å². The molecule has 0 aromatic carbocycles. The van der Waals surface area contributed by atoms with Gasteiger partial charge in [0, 0.05) is 0 Å². The molecule has 0 aromatic rings. The number of fused-ring (bicyclic) bond motifs is 5. The van der Waals surface area contributed by atoms with Gasteiger partial charge in [-0.25, -0.2) is 0 Å². The molecule has 0 aromatic heterocycles. The van der Waals surface area contributed by atoms with Crippen molar-refractivity contribution in [2.24, 2.45) is 57.7 Å². The van der Waals surface area contributed by atoms with Gasteiger partial charge in [0.05, 0.1) is 6.10 Å². The Bertz CT molecular complexity index is 724. The highest BCUT2D eigenvalue weighted by Crippen LogP contribution is 2.67. The monoisotopic (exact) mass is 426 g/mol. The lowest BCUT2D eigenvalue weighted by Gasteiger charge is -2.58. The number of rotatable bonds is 5. The second-order valence-corrected chi connectivity index (χ2v) is 14.0. The molecule has 1 nitrogen and oxygen atoms in total. The van der Waals surface area contributed by atoms with Crippen LogP contribution in [0.5, 0.6) is 0 Å². The Hall–Kier alpha value is -0.300. The molecule has 11 atom stereocenters. The summed E-state index contributed by atoms with van der Waals surface area (Å²) in [6, 6.07) is 0. The predicted molar refractivity (Wildman–Crippen MR) is 131 cm³/mol. The SMILES string of the molecule is CC(CCC(C)C1(C)CC1C)C1CCC2C3CC=C4CC(O)CCC4(C)C3CCC12C. The van der Waals surface area contributed by atoms with E-state index < -0.39 is 0 Å². The number of aliphatic hydroxyl groups excluding tert-OH is 1. The Labute approximate surface area is 192 Å². The maximum absolute atomic E-state index is 10.3. The van der Waals surface area contributed by atoms with Crippen LogP contribution in [0.3, 0.4) is 0 Å². The fourth-order valence-corrected chi connectivity index (χ4v) is 9.95. The molecule has 0 saturated heterocycles. The van der Waals surface area contributed by atoms with E-state index in [1.807, 2.05) is 0 Å². The lowest BCUT2D eigenvalue weighted by molar-refractivity contribution is -0.0575. The first-order valence-electron chi connectivity index (χ1n) is 14.0. The summed E-state index contributed by atoms with van der Waals surface area (Å²) in [5.74, 6) is 6.41. The van der Waals surface area contributed by atoms with Crippen LogP contribution >= 0.6 is 0 Å². The molecule has 5 rings (SSSR count). The van der Waals surface area contributed by atoms with E-state index in [4.69, 9.17) is 0 Å². The van der Waals surface area contributed by atoms with E-state index in [2.05, 4.69) is 47.6 Å². The van der Waals surface area contributed by atoms with Gasteiger partial charge in [-0.05, 0) is 122 Å². The molecule has 0 heterocycles. The molecule has 31 heavy (non-hydrogen) atoms. The lowest BCUT2D eigenvalue weighted by atomic mass is 9.47. The van der Waals surface area contributed by atoms with Crippen molar-refractivity contribution in [3.63, 3.8) is 0 Å². The summed E-state index contributed by atoms with van der Waals surface area (Å²) in [7, 11) is 0. The number of hydrogen-bond acceptors (Lipinski definition) is 1. The largest absolute Gasteiger partial charge is 0.393 e. The average Bonchev–Trinajstić information content (AvgIpc) is 3.19. The number of aliphatic hydroxyl groups is 1. The number of hydrogen-bond donors (Lipinski definition) is 1. The quantitative estimate of drug-likeness (QED) is 0.441. The molecular weight excluding hydrogens is 376 g/mol. The third-order valence-corrected chi connectivity index (χ3v) is 12.7. The Morgan fingerprint density at radius 1 is 1.00 bits per heavy atom.